The molecular formula is C100H80N2O4. The molecule has 20 rings (SSSR count). The van der Waals surface area contributed by atoms with Crippen LogP contribution < -0.4 is 9.80 Å². The van der Waals surface area contributed by atoms with E-state index in [1.165, 1.54) is 61.0 Å². The quantitative estimate of drug-likeness (QED) is 0.136. The number of rotatable bonds is 10. The molecule has 3 aliphatic rings. The molecule has 4 heterocycles. The van der Waals surface area contributed by atoms with Gasteiger partial charge in [0, 0.05) is 77.1 Å². The lowest BCUT2D eigenvalue weighted by Gasteiger charge is -2.38. The van der Waals surface area contributed by atoms with Crippen LogP contribution in [0, 0.1) is 5.92 Å². The van der Waals surface area contributed by atoms with Crippen molar-refractivity contribution in [3.8, 4) is 56.0 Å². The van der Waals surface area contributed by atoms with E-state index in [1.807, 2.05) is 24.3 Å². The molecule has 0 saturated carbocycles. The van der Waals surface area contributed by atoms with Crippen molar-refractivity contribution in [3.05, 3.63) is 336 Å². The second-order valence-corrected chi connectivity index (χ2v) is 32.7. The molecular weight excluding hydrogens is 1290 g/mol. The molecule has 0 fully saturated rings. The van der Waals surface area contributed by atoms with Gasteiger partial charge in [0.2, 0.25) is 11.8 Å². The summed E-state index contributed by atoms with van der Waals surface area (Å²) >= 11 is 0. The summed E-state index contributed by atoms with van der Waals surface area (Å²) < 4.78 is 29.2. The van der Waals surface area contributed by atoms with E-state index in [-0.39, 0.29) is 33.5 Å². The molecule has 2 atom stereocenters. The van der Waals surface area contributed by atoms with Gasteiger partial charge in [-0.05, 0) is 192 Å². The number of anilines is 5. The van der Waals surface area contributed by atoms with Gasteiger partial charge in [-0.15, -0.1) is 0 Å². The van der Waals surface area contributed by atoms with Gasteiger partial charge in [-0.3, -0.25) is 9.80 Å². The first kappa shape index (κ1) is 63.6. The minimum atomic E-state index is -0.315. The van der Waals surface area contributed by atoms with E-state index in [0.29, 0.717) is 5.88 Å². The number of allylic oxidation sites excluding steroid dienone is 1. The Morgan fingerprint density at radius 3 is 1.33 bits per heavy atom. The topological polar surface area (TPSA) is 59.0 Å². The van der Waals surface area contributed by atoms with E-state index >= 15 is 0 Å². The van der Waals surface area contributed by atoms with Gasteiger partial charge in [0.15, 0.2) is 0 Å². The van der Waals surface area contributed by atoms with Crippen molar-refractivity contribution < 1.29 is 17.7 Å². The zero-order chi connectivity index (χ0) is 71.9. The Labute approximate surface area is 618 Å². The molecule has 6 nitrogen and oxygen atoms in total. The molecule has 514 valence electrons. The van der Waals surface area contributed by atoms with Gasteiger partial charge >= 0.3 is 0 Å². The van der Waals surface area contributed by atoms with Crippen LogP contribution >= 0.6 is 0 Å². The third-order valence-corrected chi connectivity index (χ3v) is 23.8. The van der Waals surface area contributed by atoms with Crippen LogP contribution in [0.3, 0.4) is 0 Å². The number of fused-ring (bicyclic) bond motifs is 17. The van der Waals surface area contributed by atoms with Crippen molar-refractivity contribution in [2.45, 2.75) is 96.8 Å². The molecule has 0 aliphatic heterocycles. The van der Waals surface area contributed by atoms with E-state index in [0.717, 1.165) is 134 Å². The molecule has 0 bridgehead atoms. The summed E-state index contributed by atoms with van der Waals surface area (Å²) in [5.74, 6) is 3.35. The van der Waals surface area contributed by atoms with Crippen LogP contribution in [-0.2, 0) is 21.7 Å². The Kier molecular flexibility index (Phi) is 13.9. The minimum Gasteiger partial charge on any atom is -0.456 e. The zero-order valence-corrected chi connectivity index (χ0v) is 61.4. The van der Waals surface area contributed by atoms with Gasteiger partial charge < -0.3 is 17.7 Å². The van der Waals surface area contributed by atoms with Crippen LogP contribution in [0.25, 0.3) is 127 Å². The molecule has 3 aliphatic carbocycles. The second-order valence-electron chi connectivity index (χ2n) is 32.7. The Morgan fingerprint density at radius 2 is 0.783 bits per heavy atom. The number of furan rings is 4. The highest BCUT2D eigenvalue weighted by Crippen LogP contribution is 2.61. The highest BCUT2D eigenvalue weighted by Gasteiger charge is 2.49. The number of benzene rings is 13. The largest absolute Gasteiger partial charge is 0.456 e. The highest BCUT2D eigenvalue weighted by molar-refractivity contribution is 6.22. The molecule has 0 amide bonds. The van der Waals surface area contributed by atoms with Gasteiger partial charge in [-0.1, -0.05) is 257 Å². The molecule has 0 spiro atoms. The van der Waals surface area contributed by atoms with Gasteiger partial charge in [0.1, 0.15) is 33.9 Å². The summed E-state index contributed by atoms with van der Waals surface area (Å²) in [6, 6.07) is 105. The molecule has 106 heavy (non-hydrogen) atoms. The Hall–Kier alpha value is -12.1. The zero-order valence-electron chi connectivity index (χ0n) is 61.4. The molecule has 0 saturated heterocycles. The van der Waals surface area contributed by atoms with E-state index in [1.54, 1.807) is 0 Å². The van der Waals surface area contributed by atoms with Crippen LogP contribution in [0.1, 0.15) is 120 Å². The molecule has 0 radical (unpaired) electrons. The summed E-state index contributed by atoms with van der Waals surface area (Å²) in [6.45, 7) is 23.3. The van der Waals surface area contributed by atoms with Crippen molar-refractivity contribution in [1.82, 2.24) is 0 Å². The van der Waals surface area contributed by atoms with Gasteiger partial charge in [-0.25, -0.2) is 0 Å². The first-order valence-electron chi connectivity index (χ1n) is 37.3. The molecule has 0 N–H and O–H groups in total. The SMILES string of the molecule is CC(C)(C)c1ccc(-c2c(N(C3=CC4C(c5ccccc53)c3ccccc3C4(C)C)c3ccc(-c4cc5ccccc5o4)cc3)oc3c2ccc2c3ccc3c(-c4ccc(C(C)(C)C)cc4)c(N(c4ccc(-c5cc6ccccc6o5)cc4)c4cc5c(c6ccccc46)-c4ccccc4C5(C)C)oc32)cc1. The fourth-order valence-electron chi connectivity index (χ4n) is 18.1. The fourth-order valence-corrected chi connectivity index (χ4v) is 18.1. The average molecular weight is 1370 g/mol. The lowest BCUT2D eigenvalue weighted by molar-refractivity contribution is 0.389. The number of para-hydroxylation sites is 2. The molecule has 17 aromatic rings. The van der Waals surface area contributed by atoms with Crippen molar-refractivity contribution in [1.29, 1.82) is 0 Å². The van der Waals surface area contributed by atoms with Crippen LogP contribution in [0.5, 0.6) is 0 Å². The normalized spacial score (nSPS) is 15.7. The third-order valence-electron chi connectivity index (χ3n) is 23.8. The number of hydrogen-bond acceptors (Lipinski definition) is 6. The maximum absolute atomic E-state index is 8.04. The molecule has 2 unspecified atom stereocenters. The Bertz CT molecular complexity index is 6400. The average Bonchev–Trinajstić information content (AvgIpc) is 1.55. The van der Waals surface area contributed by atoms with E-state index in [9.17, 15) is 0 Å². The standard InChI is InChI=1S/C100H80N2O4/c1-97(2,3)65-43-35-61(36-44-65)89-77-53-51-74-73(93(77)105-95(89)101(67-47-39-59(40-48-67)87-55-63-23-11-21-33-85(63)103-87)83-57-81-91(71-27-15-13-25-69(71)83)75-29-17-19-31-79(75)99(81,7)8)52-54-78-90(62-37-45-66(46-38-62)98(4,5)6)96(106-94(74)78)102(68-49-41-60(42-50-68)88-56-64-24-12-22-34-86(64)104-88)84-58-82-92(72-28-16-14-26-70(72)84)76-30-18-20-32-80(76)100(82,9)10/h11-58,81,91H,1-10H3. The first-order valence-corrected chi connectivity index (χ1v) is 37.3. The highest BCUT2D eigenvalue weighted by atomic mass is 16.4. The lowest BCUT2D eigenvalue weighted by atomic mass is 9.70. The summed E-state index contributed by atoms with van der Waals surface area (Å²) in [6.07, 6.45) is 2.57. The number of nitrogens with zero attached hydrogens (tertiary/aromatic N) is 2. The minimum absolute atomic E-state index is 0.0756. The summed E-state index contributed by atoms with van der Waals surface area (Å²) in [7, 11) is 0. The molecule has 13 aromatic carbocycles. The van der Waals surface area contributed by atoms with Crippen LogP contribution in [0.2, 0.25) is 0 Å². The monoisotopic (exact) mass is 1370 g/mol. The third kappa shape index (κ3) is 9.69. The van der Waals surface area contributed by atoms with Crippen molar-refractivity contribution in [2.75, 3.05) is 9.80 Å². The maximum Gasteiger partial charge on any atom is 0.213 e. The smallest absolute Gasteiger partial charge is 0.213 e. The second kappa shape index (κ2) is 23.2. The van der Waals surface area contributed by atoms with Crippen LogP contribution in [0.15, 0.2) is 309 Å². The summed E-state index contributed by atoms with van der Waals surface area (Å²) in [5.41, 5.74) is 25.5. The fraction of sp³-hybridized carbons (Fsp3) is 0.160. The van der Waals surface area contributed by atoms with E-state index in [2.05, 4.69) is 346 Å². The Morgan fingerprint density at radius 1 is 0.340 bits per heavy atom. The van der Waals surface area contributed by atoms with Crippen LogP contribution in [0.4, 0.5) is 28.8 Å². The summed E-state index contributed by atoms with van der Waals surface area (Å²) in [5, 5.41) is 8.30. The van der Waals surface area contributed by atoms with Crippen molar-refractivity contribution in [3.63, 3.8) is 0 Å². The predicted molar refractivity (Wildman–Crippen MR) is 440 cm³/mol. The lowest BCUT2D eigenvalue weighted by Crippen LogP contribution is -2.30. The van der Waals surface area contributed by atoms with Crippen molar-refractivity contribution in [2.24, 2.45) is 5.92 Å². The van der Waals surface area contributed by atoms with Crippen molar-refractivity contribution >= 4 is 99.9 Å². The molecule has 4 aromatic heterocycles. The van der Waals surface area contributed by atoms with Gasteiger partial charge in [0.25, 0.3) is 0 Å². The summed E-state index contributed by atoms with van der Waals surface area (Å²) in [4.78, 5) is 4.82. The predicted octanol–water partition coefficient (Wildman–Crippen LogP) is 28.2. The van der Waals surface area contributed by atoms with Gasteiger partial charge in [-0.2, -0.15) is 0 Å². The number of hydrogen-bond donors (Lipinski definition) is 0. The van der Waals surface area contributed by atoms with Crippen LogP contribution in [-0.4, -0.2) is 0 Å². The van der Waals surface area contributed by atoms with E-state index < -0.39 is 0 Å². The van der Waals surface area contributed by atoms with E-state index in [4.69, 9.17) is 17.7 Å². The molecule has 6 heteroatoms. The Balaban J connectivity index is 0.852. The maximum atomic E-state index is 8.04. The first-order chi connectivity index (χ1) is 51.3. The van der Waals surface area contributed by atoms with Gasteiger partial charge in [0.05, 0.1) is 22.5 Å².